The molecule has 1 aromatic carbocycles. The summed E-state index contributed by atoms with van der Waals surface area (Å²) in [5.41, 5.74) is 1.98. The van der Waals surface area contributed by atoms with Gasteiger partial charge in [0.2, 0.25) is 5.91 Å². The molecular formula is C27H39N3O3. The maximum Gasteiger partial charge on any atom is 0.254 e. The molecule has 4 aliphatic rings. The molecule has 0 aliphatic carbocycles. The van der Waals surface area contributed by atoms with Crippen molar-refractivity contribution in [2.45, 2.75) is 64.0 Å². The second-order valence-electron chi connectivity index (χ2n) is 10.5. The van der Waals surface area contributed by atoms with E-state index in [0.29, 0.717) is 50.6 Å². The zero-order valence-corrected chi connectivity index (χ0v) is 20.1. The minimum atomic E-state index is 0.181. The average molecular weight is 454 g/mol. The minimum absolute atomic E-state index is 0.181. The summed E-state index contributed by atoms with van der Waals surface area (Å²) in [6.07, 6.45) is 7.27. The van der Waals surface area contributed by atoms with E-state index in [4.69, 9.17) is 4.74 Å². The van der Waals surface area contributed by atoms with Crippen LogP contribution in [0.1, 0.15) is 60.9 Å². The number of piperidine rings is 3. The summed E-state index contributed by atoms with van der Waals surface area (Å²) in [7, 11) is 0. The fourth-order valence-corrected chi connectivity index (χ4v) is 6.89. The molecule has 0 saturated carbocycles. The van der Waals surface area contributed by atoms with Crippen LogP contribution in [-0.4, -0.2) is 84.5 Å². The Labute approximate surface area is 198 Å². The monoisotopic (exact) mass is 453 g/mol. The van der Waals surface area contributed by atoms with Gasteiger partial charge in [0, 0.05) is 43.7 Å². The molecule has 4 fully saturated rings. The summed E-state index contributed by atoms with van der Waals surface area (Å²) in [6.45, 7) is 8.07. The number of hydrogen-bond donors (Lipinski definition) is 0. The number of amides is 2. The average Bonchev–Trinajstić information content (AvgIpc) is 2.86. The highest BCUT2D eigenvalue weighted by Gasteiger charge is 2.49. The molecule has 0 spiro atoms. The van der Waals surface area contributed by atoms with Crippen LogP contribution in [0.5, 0.6) is 0 Å². The Bertz CT molecular complexity index is 834. The number of benzene rings is 1. The zero-order chi connectivity index (χ0) is 22.8. The lowest BCUT2D eigenvalue weighted by atomic mass is 9.69. The van der Waals surface area contributed by atoms with Crippen LogP contribution in [0.3, 0.4) is 0 Å². The van der Waals surface area contributed by atoms with E-state index in [-0.39, 0.29) is 17.9 Å². The summed E-state index contributed by atoms with van der Waals surface area (Å²) in [5, 5.41) is 0. The highest BCUT2D eigenvalue weighted by atomic mass is 16.5. The van der Waals surface area contributed by atoms with Crippen LogP contribution < -0.4 is 0 Å². The minimum Gasteiger partial charge on any atom is -0.378 e. The van der Waals surface area contributed by atoms with Gasteiger partial charge in [-0.2, -0.15) is 0 Å². The van der Waals surface area contributed by atoms with Gasteiger partial charge in [-0.25, -0.2) is 0 Å². The third-order valence-corrected chi connectivity index (χ3v) is 8.49. The predicted molar refractivity (Wildman–Crippen MR) is 128 cm³/mol. The molecule has 6 heteroatoms. The van der Waals surface area contributed by atoms with Crippen LogP contribution in [0.15, 0.2) is 24.3 Å². The number of hydrogen-bond acceptors (Lipinski definition) is 4. The summed E-state index contributed by atoms with van der Waals surface area (Å²) in [5.74, 6) is 1.54. The van der Waals surface area contributed by atoms with Gasteiger partial charge in [0.1, 0.15) is 0 Å². The molecule has 0 radical (unpaired) electrons. The molecule has 1 aromatic rings. The smallest absolute Gasteiger partial charge is 0.254 e. The Hall–Kier alpha value is -1.92. The Morgan fingerprint density at radius 2 is 1.73 bits per heavy atom. The van der Waals surface area contributed by atoms with Crippen molar-refractivity contribution >= 4 is 11.8 Å². The molecule has 4 aliphatic heterocycles. The third-order valence-electron chi connectivity index (χ3n) is 8.49. The van der Waals surface area contributed by atoms with Crippen LogP contribution in [0.25, 0.3) is 0 Å². The van der Waals surface area contributed by atoms with E-state index in [9.17, 15) is 9.59 Å². The van der Waals surface area contributed by atoms with Crippen molar-refractivity contribution in [3.63, 3.8) is 0 Å². The van der Waals surface area contributed by atoms with Crippen LogP contribution in [-0.2, 0) is 9.53 Å². The molecule has 0 aromatic heterocycles. The molecule has 0 bridgehead atoms. The fourth-order valence-electron chi connectivity index (χ4n) is 6.89. The first-order chi connectivity index (χ1) is 16.1. The largest absolute Gasteiger partial charge is 0.378 e. The van der Waals surface area contributed by atoms with Gasteiger partial charge in [0.25, 0.3) is 5.91 Å². The number of carbonyl (C=O) groups excluding carboxylic acids is 2. The van der Waals surface area contributed by atoms with Crippen molar-refractivity contribution < 1.29 is 14.3 Å². The topological polar surface area (TPSA) is 53.1 Å². The van der Waals surface area contributed by atoms with Crippen molar-refractivity contribution in [3.8, 4) is 0 Å². The number of carbonyl (C=O) groups is 2. The van der Waals surface area contributed by atoms with Gasteiger partial charge >= 0.3 is 0 Å². The maximum absolute atomic E-state index is 13.7. The first-order valence-electron chi connectivity index (χ1n) is 13.1. The molecule has 4 heterocycles. The normalized spacial score (nSPS) is 30.1. The van der Waals surface area contributed by atoms with Gasteiger partial charge in [-0.3, -0.25) is 14.5 Å². The summed E-state index contributed by atoms with van der Waals surface area (Å²) in [4.78, 5) is 33.3. The van der Waals surface area contributed by atoms with Crippen LogP contribution in [0.2, 0.25) is 0 Å². The van der Waals surface area contributed by atoms with E-state index in [1.807, 2.05) is 29.2 Å². The maximum atomic E-state index is 13.7. The molecule has 6 nitrogen and oxygen atoms in total. The second kappa shape index (κ2) is 10.1. The van der Waals surface area contributed by atoms with Gasteiger partial charge < -0.3 is 14.5 Å². The number of rotatable bonds is 5. The highest BCUT2D eigenvalue weighted by Crippen LogP contribution is 2.43. The Kier molecular flexibility index (Phi) is 7.02. The van der Waals surface area contributed by atoms with E-state index < -0.39 is 0 Å². The first-order valence-corrected chi connectivity index (χ1v) is 13.1. The highest BCUT2D eigenvalue weighted by molar-refractivity contribution is 5.94. The van der Waals surface area contributed by atoms with Gasteiger partial charge in [-0.1, -0.05) is 17.7 Å². The van der Waals surface area contributed by atoms with Gasteiger partial charge in [0.15, 0.2) is 0 Å². The number of aryl methyl sites for hydroxylation is 1. The molecule has 4 atom stereocenters. The van der Waals surface area contributed by atoms with Crippen LogP contribution in [0, 0.1) is 18.8 Å². The van der Waals surface area contributed by atoms with Crippen LogP contribution >= 0.6 is 0 Å². The number of nitrogens with zero attached hydrogens (tertiary/aromatic N) is 3. The fraction of sp³-hybridized carbons (Fsp3) is 0.704. The van der Waals surface area contributed by atoms with Crippen molar-refractivity contribution in [1.82, 2.24) is 14.7 Å². The molecule has 5 rings (SSSR count). The van der Waals surface area contributed by atoms with Crippen molar-refractivity contribution in [2.24, 2.45) is 11.8 Å². The first kappa shape index (κ1) is 22.9. The molecule has 180 valence electrons. The van der Waals surface area contributed by atoms with E-state index in [1.165, 1.54) is 44.3 Å². The lowest BCUT2D eigenvalue weighted by Crippen LogP contribution is -2.65. The molecule has 0 unspecified atom stereocenters. The number of likely N-dealkylation sites (tertiary alicyclic amines) is 1. The predicted octanol–water partition coefficient (Wildman–Crippen LogP) is 3.34. The third kappa shape index (κ3) is 4.83. The van der Waals surface area contributed by atoms with Crippen LogP contribution in [0.4, 0.5) is 0 Å². The van der Waals surface area contributed by atoms with Crippen molar-refractivity contribution in [2.75, 3.05) is 45.9 Å². The van der Waals surface area contributed by atoms with Gasteiger partial charge in [-0.15, -0.1) is 0 Å². The Morgan fingerprint density at radius 3 is 2.48 bits per heavy atom. The standard InChI is InChI=1S/C27H39N3O3/c1-20-9-11-21(12-10-20)27(32)30-19-22-5-3-13-29-14-4-6-23(26(22)29)24(30)7-2-8-25(31)28-15-17-33-18-16-28/h9-12,22-24,26H,2-8,13-19H2,1H3/t22-,23+,24+,26-/m0/s1. The van der Waals surface area contributed by atoms with Gasteiger partial charge in [-0.05, 0) is 82.5 Å². The molecular weight excluding hydrogens is 414 g/mol. The summed E-state index contributed by atoms with van der Waals surface area (Å²) < 4.78 is 5.39. The number of ether oxygens (including phenoxy) is 1. The zero-order valence-electron chi connectivity index (χ0n) is 20.1. The lowest BCUT2D eigenvalue weighted by molar-refractivity contribution is -0.135. The Morgan fingerprint density at radius 1 is 1.00 bits per heavy atom. The second-order valence-corrected chi connectivity index (χ2v) is 10.5. The molecule has 2 amide bonds. The van der Waals surface area contributed by atoms with E-state index >= 15 is 0 Å². The molecule has 0 N–H and O–H groups in total. The van der Waals surface area contributed by atoms with Crippen molar-refractivity contribution in [3.05, 3.63) is 35.4 Å². The summed E-state index contributed by atoms with van der Waals surface area (Å²) >= 11 is 0. The van der Waals surface area contributed by atoms with E-state index in [0.717, 1.165) is 24.9 Å². The van der Waals surface area contributed by atoms with E-state index in [1.54, 1.807) is 0 Å². The summed E-state index contributed by atoms with van der Waals surface area (Å²) in [6, 6.07) is 8.90. The van der Waals surface area contributed by atoms with Crippen molar-refractivity contribution in [1.29, 1.82) is 0 Å². The quantitative estimate of drug-likeness (QED) is 0.686. The van der Waals surface area contributed by atoms with E-state index in [2.05, 4.69) is 16.7 Å². The molecule has 4 saturated heterocycles. The molecule has 33 heavy (non-hydrogen) atoms. The lowest BCUT2D eigenvalue weighted by Gasteiger charge is -2.57. The Balaban J connectivity index is 1.32. The van der Waals surface area contributed by atoms with Gasteiger partial charge in [0.05, 0.1) is 13.2 Å². The number of morpholine rings is 1. The SMILES string of the molecule is Cc1ccc(C(=O)N2C[C@@H]3CCCN4CCC[C@@H]([C@H]34)[C@H]2CCCC(=O)N2CCOCC2)cc1.